The maximum absolute atomic E-state index is 12.8. The number of rotatable bonds is 26. The van der Waals surface area contributed by atoms with E-state index < -0.39 is 52.9 Å². The van der Waals surface area contributed by atoms with Crippen molar-refractivity contribution in [2.45, 2.75) is 105 Å². The number of aromatic hydroxyl groups is 1. The summed E-state index contributed by atoms with van der Waals surface area (Å²) in [5.74, 6) is 0.976. The molecule has 0 saturated carbocycles. The molecule has 30 nitrogen and oxygen atoms in total. The van der Waals surface area contributed by atoms with Gasteiger partial charge in [-0.1, -0.05) is 31.9 Å². The first-order chi connectivity index (χ1) is 63.8. The molecule has 0 radical (unpaired) electrons. The van der Waals surface area contributed by atoms with Crippen LogP contribution in [0.5, 0.6) is 23.0 Å². The van der Waals surface area contributed by atoms with E-state index in [1.807, 2.05) is 110 Å². The molecule has 718 valence electrons. The molecule has 0 amide bonds. The Balaban J connectivity index is 0.000000449. The van der Waals surface area contributed by atoms with Crippen molar-refractivity contribution in [3.63, 3.8) is 0 Å². The number of aromatic amines is 2. The number of aliphatic carboxylic acids is 1. The van der Waals surface area contributed by atoms with E-state index in [2.05, 4.69) is 92.2 Å². The number of aryl methyl sites for hydroxylation is 5. The van der Waals surface area contributed by atoms with E-state index >= 15 is 0 Å². The van der Waals surface area contributed by atoms with Crippen LogP contribution < -0.4 is 206 Å². The monoisotopic (exact) mass is 2310 g/mol. The van der Waals surface area contributed by atoms with Gasteiger partial charge in [0.1, 0.15) is 41.4 Å². The number of hydrogen-bond acceptors (Lipinski definition) is 21. The number of carboxylic acid groups (broad SMARTS) is 1. The predicted octanol–water partition coefficient (Wildman–Crippen LogP) is 6.54. The number of nitrogens with one attached hydrogen (secondary N) is 2. The van der Waals surface area contributed by atoms with Crippen molar-refractivity contribution in [1.82, 2.24) is 79.1 Å². The van der Waals surface area contributed by atoms with Gasteiger partial charge in [-0.2, -0.15) is 113 Å². The van der Waals surface area contributed by atoms with Crippen molar-refractivity contribution in [3.05, 3.63) is 287 Å². The van der Waals surface area contributed by atoms with Crippen LogP contribution in [0.4, 0.5) is 52.7 Å². The molecule has 16 rings (SSSR count). The quantitative estimate of drug-likeness (QED) is 0.00850. The first kappa shape index (κ1) is 121. The minimum absolute atomic E-state index is 0. The van der Waals surface area contributed by atoms with Gasteiger partial charge in [-0.15, -0.1) is 0 Å². The Hall–Kier alpha value is -8.70. The van der Waals surface area contributed by atoms with Crippen LogP contribution in [0.15, 0.2) is 219 Å². The van der Waals surface area contributed by atoms with Crippen molar-refractivity contribution in [1.29, 1.82) is 0 Å². The molecule has 0 atom stereocenters. The minimum atomic E-state index is -4.39. The molecule has 8 heterocycles. The predicted molar refractivity (Wildman–Crippen MR) is 478 cm³/mol. The molecule has 16 aromatic rings. The summed E-state index contributed by atoms with van der Waals surface area (Å²) in [6.45, 7) is 12.5. The molecule has 0 aliphatic carbocycles. The van der Waals surface area contributed by atoms with Gasteiger partial charge < -0.3 is 71.5 Å². The number of ether oxygens (including phenoxy) is 5. The normalized spacial score (nSPS) is 10.9. The molecule has 48 heteroatoms. The average molecular weight is 2310 g/mol. The SMILES string of the molecule is CCOC(=O)CBr.CCOC(=O)Cn1ccc2cc(OCCc3nn(-c4ccc(C(F)(F)F)cc4)nc3C)ccc21.Cc1nn(-c2ccc(C(F)(F)F)cc2)nc1CCBr.Cc1nn(-c2ccc(C(F)(F)F)cc2)nc1CCOc1ccc2[nH]ccc2c1.Cc1nn(-c2ccc(C(F)(F)F)cc2)nc1CCOc1ccc2c(ccn2CC(=O)O)c1.O=CO[O-].Oc1ccc2[nH]ccc2c1.[Cs+].[Cs+].[H-].[H-].[Li+].[Na+].[OH-]. The zero-order valence-corrected chi connectivity index (χ0v) is 94.2. The van der Waals surface area contributed by atoms with E-state index in [1.54, 1.807) is 62.7 Å². The number of alkyl halides is 14. The maximum atomic E-state index is 12.8. The zero-order valence-electron chi connectivity index (χ0n) is 78.4. The summed E-state index contributed by atoms with van der Waals surface area (Å²) in [6.07, 6.45) is -7.99. The number of benzene rings is 8. The standard InChI is InChI=1S/C24H23F3N4O3.C22H19F3N4O3.C20H17F3N4O.C12H11BrF3N3.C8H7NO.C4H7BrO2.CH2O3.2Cs.Li.Na.H2O.2H/c1-3-33-23(32)15-30-12-10-17-14-20(8-9-22(17)30)34-13-11-21-16(2)28-31(29-21)19-6-4-18(5-7-19)24(25,26)27;1-14-19(27-29(26-14)17-4-2-16(3-5-17)22(23,24)25)9-11-32-18-6-7-20-15(12-18)8-10-28(20)13-21(30)31;1-13-18(9-11-28-17-6-7-19-14(12-17)8-10-24-19)26-27(25-13)16-4-2-15(3-5-16)20(21,22)23;1-8-11(6-7-13)18-19(17-8)10-4-2-9(3-5-10)12(14,15)16;10-7-1-2-8-6(5-7)3-4-9-8;1-2-7-4(6)3-5;2-1-4-3;;;;;;;/h4-10,12,14H,3,11,13,15H2,1-2H3;2-8,10,12H,9,11,13H2,1H3,(H,30,31);2-8,10,12,24H,9,11H2,1H3;2-5H,6-7H2,1H3;1-5,9-10H;2-3H2,1H3;1,3H;;;;;1H2;;/q;;;;;;;4*+1;;2*-1/p-2. The van der Waals surface area contributed by atoms with Crippen LogP contribution in [-0.2, 0) is 97.0 Å². The Kier molecular flexibility index (Phi) is 50.0. The number of carboxylic acids is 1. The van der Waals surface area contributed by atoms with Gasteiger partial charge >= 0.3 is 229 Å². The van der Waals surface area contributed by atoms with Crippen molar-refractivity contribution < 1.29 is 310 Å². The summed E-state index contributed by atoms with van der Waals surface area (Å²) in [6, 6.07) is 48.6. The molecule has 8 aromatic carbocycles. The third kappa shape index (κ3) is 36.6. The smallest absolute Gasteiger partial charge is 1.00 e. The first-order valence-corrected chi connectivity index (χ1v) is 42.8. The van der Waals surface area contributed by atoms with Crippen LogP contribution in [0.1, 0.15) is 84.5 Å². The molecule has 8 aromatic heterocycles. The summed E-state index contributed by atoms with van der Waals surface area (Å²) in [5.41, 5.74) is 8.60. The molecule has 0 bridgehead atoms. The van der Waals surface area contributed by atoms with Crippen LogP contribution in [0.25, 0.3) is 66.4 Å². The van der Waals surface area contributed by atoms with Gasteiger partial charge in [0.05, 0.1) is 124 Å². The molecule has 0 aliphatic rings. The molecule has 0 unspecified atom stereocenters. The molecule has 0 aliphatic heterocycles. The minimum Gasteiger partial charge on any atom is -1.00 e. The van der Waals surface area contributed by atoms with Crippen LogP contribution in [0, 0.1) is 27.7 Å². The van der Waals surface area contributed by atoms with Crippen LogP contribution in [0.3, 0.4) is 0 Å². The van der Waals surface area contributed by atoms with Crippen molar-refractivity contribution in [3.8, 4) is 45.7 Å². The molecular formula is C91H88Br2Cs2F12LiN16NaO14. The Morgan fingerprint density at radius 1 is 0.432 bits per heavy atom. The number of H-pyrrole nitrogens is 2. The Morgan fingerprint density at radius 2 is 0.734 bits per heavy atom. The number of carbonyl (C=O) groups excluding carboxylic acids is 3. The van der Waals surface area contributed by atoms with Gasteiger partial charge in [0.15, 0.2) is 0 Å². The Bertz CT molecular complexity index is 6580. The largest absolute Gasteiger partial charge is 1.00 e. The summed E-state index contributed by atoms with van der Waals surface area (Å²) in [5, 5.41) is 65.9. The van der Waals surface area contributed by atoms with Gasteiger partial charge in [0, 0.05) is 99.4 Å². The van der Waals surface area contributed by atoms with E-state index in [0.29, 0.717) is 126 Å². The topological polar surface area (TPSA) is 381 Å². The molecule has 0 fully saturated rings. The molecular weight excluding hydrogens is 2220 g/mol. The first-order valence-electron chi connectivity index (χ1n) is 40.5. The van der Waals surface area contributed by atoms with Gasteiger partial charge in [-0.3, -0.25) is 19.2 Å². The summed E-state index contributed by atoms with van der Waals surface area (Å²) in [7, 11) is 0. The van der Waals surface area contributed by atoms with Gasteiger partial charge in [0.2, 0.25) is 0 Å². The number of fused-ring (bicyclic) bond motifs is 4. The molecule has 5 N–H and O–H groups in total. The second-order valence-electron chi connectivity index (χ2n) is 28.6. The Morgan fingerprint density at radius 3 is 1.04 bits per heavy atom. The van der Waals surface area contributed by atoms with E-state index in [1.165, 1.54) is 67.7 Å². The van der Waals surface area contributed by atoms with Crippen LogP contribution in [0.2, 0.25) is 0 Å². The third-order valence-corrected chi connectivity index (χ3v) is 20.1. The number of phenolic OH excluding ortho intramolecular Hbond substituents is 1. The van der Waals surface area contributed by atoms with E-state index in [9.17, 15) is 67.1 Å². The molecule has 0 spiro atoms. The zero-order chi connectivity index (χ0) is 97.0. The number of carbonyl (C=O) groups is 4. The van der Waals surface area contributed by atoms with Crippen molar-refractivity contribution >= 4 is 99.9 Å². The second-order valence-corrected chi connectivity index (χ2v) is 30.0. The summed E-state index contributed by atoms with van der Waals surface area (Å²) in [4.78, 5) is 55.6. The number of hydrogen-bond donors (Lipinski definition) is 4. The summed E-state index contributed by atoms with van der Waals surface area (Å²) < 4.78 is 182. The number of halogens is 14. The van der Waals surface area contributed by atoms with Gasteiger partial charge in [-0.25, -0.2) is 0 Å². The van der Waals surface area contributed by atoms with Crippen LogP contribution in [-0.4, -0.2) is 163 Å². The number of nitrogens with zero attached hydrogens (tertiary/aromatic N) is 14. The number of aromatic nitrogens is 16. The van der Waals surface area contributed by atoms with Gasteiger partial charge in [0.25, 0.3) is 6.47 Å². The van der Waals surface area contributed by atoms with Gasteiger partial charge in [-0.05, 0) is 236 Å². The van der Waals surface area contributed by atoms with Crippen molar-refractivity contribution in [2.24, 2.45) is 0 Å². The third-order valence-electron chi connectivity index (χ3n) is 19.3. The van der Waals surface area contributed by atoms with E-state index in [4.69, 9.17) is 39.2 Å². The summed E-state index contributed by atoms with van der Waals surface area (Å²) >= 11 is 6.26. The molecule has 0 saturated heterocycles. The maximum Gasteiger partial charge on any atom is 1.00 e. The Labute approximate surface area is 957 Å². The number of phenols is 1. The van der Waals surface area contributed by atoms with E-state index in [0.717, 1.165) is 127 Å². The second kappa shape index (κ2) is 57.6. The fourth-order valence-electron chi connectivity index (χ4n) is 12.7. The fraction of sp³-hybridized carbons (Fsp3) is 0.253. The number of esters is 2. The van der Waals surface area contributed by atoms with Crippen molar-refractivity contribution in [2.75, 3.05) is 43.7 Å². The fourth-order valence-corrected chi connectivity index (χ4v) is 13.2. The average Bonchev–Trinajstić information content (AvgIpc) is 1.66. The van der Waals surface area contributed by atoms with E-state index in [-0.39, 0.29) is 226 Å². The molecule has 139 heavy (non-hydrogen) atoms. The van der Waals surface area contributed by atoms with Crippen LogP contribution >= 0.6 is 31.9 Å².